The molecule has 4 aromatic carbocycles. The third-order valence-corrected chi connectivity index (χ3v) is 11.1. The van der Waals surface area contributed by atoms with E-state index in [-0.39, 0.29) is 40.8 Å². The number of carbonyl (C=O) groups is 2. The highest BCUT2D eigenvalue weighted by atomic mass is 19.1. The van der Waals surface area contributed by atoms with Crippen LogP contribution in [0.2, 0.25) is 0 Å². The lowest BCUT2D eigenvalue weighted by atomic mass is 9.78. The fraction of sp³-hybridized carbons (Fsp3) is 0.191. The number of carbonyl (C=O) groups excluding carboxylic acids is 2. The van der Waals surface area contributed by atoms with Gasteiger partial charge in [-0.25, -0.2) is 9.18 Å². The van der Waals surface area contributed by atoms with Crippen molar-refractivity contribution in [2.24, 2.45) is 5.92 Å². The van der Waals surface area contributed by atoms with Gasteiger partial charge in [0.2, 0.25) is 5.91 Å². The van der Waals surface area contributed by atoms with Crippen molar-refractivity contribution in [1.82, 2.24) is 24.4 Å². The molecule has 0 bridgehead atoms. The van der Waals surface area contributed by atoms with Gasteiger partial charge < -0.3 is 9.88 Å². The molecule has 0 spiro atoms. The highest BCUT2D eigenvalue weighted by Gasteiger charge is 2.43. The minimum atomic E-state index is -0.407. The van der Waals surface area contributed by atoms with E-state index in [2.05, 4.69) is 25.9 Å². The maximum absolute atomic E-state index is 13.8. The highest BCUT2D eigenvalue weighted by molar-refractivity contribution is 6.11. The van der Waals surface area contributed by atoms with Gasteiger partial charge in [-0.1, -0.05) is 48.5 Å². The second-order valence-electron chi connectivity index (χ2n) is 14.5. The smallest absolute Gasteiger partial charge is 0.307 e. The molecule has 3 aromatic heterocycles. The van der Waals surface area contributed by atoms with Crippen LogP contribution >= 0.6 is 0 Å². The first-order chi connectivity index (χ1) is 28.4. The number of rotatable bonds is 9. The van der Waals surface area contributed by atoms with E-state index in [1.807, 2.05) is 77.7 Å². The van der Waals surface area contributed by atoms with Crippen molar-refractivity contribution in [3.8, 4) is 0 Å². The van der Waals surface area contributed by atoms with E-state index in [1.165, 1.54) is 28.8 Å². The van der Waals surface area contributed by atoms with Crippen LogP contribution in [0.5, 0.6) is 0 Å². The Morgan fingerprint density at radius 3 is 1.98 bits per heavy atom. The molecule has 11 heteroatoms. The Bertz CT molecular complexity index is 2610. The number of likely N-dealkylation sites (tertiary alicyclic amines) is 1. The standard InChI is InChI=1S/C25H19N3O.C22H22FN3O3/c29-25-24(23(18-10-14-26-15-11-18)19-12-16-27-17-13-19)21-8-4-5-9-22(21)28(25)20-6-2-1-3-7-20;23-17-7-5-15(6-8-17)20(27)16-9-11-25(12-10-16)13-14-26-21(28)18-3-1-2-4-19(18)24-22(26)29/h1-17,23-24H;1-8,16H,9-14H2,(H,24,29). The summed E-state index contributed by atoms with van der Waals surface area (Å²) in [6, 6.07) is 38.5. The summed E-state index contributed by atoms with van der Waals surface area (Å²) in [7, 11) is 0. The average Bonchev–Trinajstić information content (AvgIpc) is 3.56. The Hall–Kier alpha value is -6.85. The van der Waals surface area contributed by atoms with Gasteiger partial charge in [-0.05, 0) is 121 Å². The molecule has 2 aliphatic heterocycles. The molecule has 1 amide bonds. The van der Waals surface area contributed by atoms with Crippen LogP contribution in [0.15, 0.2) is 162 Å². The Balaban J connectivity index is 0.000000162. The molecule has 0 aliphatic carbocycles. The molecule has 0 radical (unpaired) electrons. The third-order valence-electron chi connectivity index (χ3n) is 11.1. The van der Waals surface area contributed by atoms with Gasteiger partial charge in [0.1, 0.15) is 5.82 Å². The zero-order valence-corrected chi connectivity index (χ0v) is 31.7. The highest BCUT2D eigenvalue weighted by Crippen LogP contribution is 2.49. The summed E-state index contributed by atoms with van der Waals surface area (Å²) in [4.78, 5) is 66.4. The van der Waals surface area contributed by atoms with E-state index in [9.17, 15) is 23.6 Å². The molecule has 10 nitrogen and oxygen atoms in total. The maximum atomic E-state index is 13.8. The summed E-state index contributed by atoms with van der Waals surface area (Å²) < 4.78 is 14.3. The van der Waals surface area contributed by atoms with Crippen molar-refractivity contribution >= 4 is 34.0 Å². The van der Waals surface area contributed by atoms with Gasteiger partial charge in [-0.3, -0.25) is 33.8 Å². The predicted molar refractivity (Wildman–Crippen MR) is 222 cm³/mol. The van der Waals surface area contributed by atoms with Crippen molar-refractivity contribution in [3.05, 3.63) is 201 Å². The summed E-state index contributed by atoms with van der Waals surface area (Å²) in [5, 5.41) is 0.496. The molecule has 7 aromatic rings. The summed E-state index contributed by atoms with van der Waals surface area (Å²) in [6.45, 7) is 2.31. The number of nitrogens with one attached hydrogen (secondary N) is 1. The van der Waals surface area contributed by atoms with E-state index in [1.54, 1.807) is 49.1 Å². The number of pyridine rings is 2. The molecule has 1 saturated heterocycles. The summed E-state index contributed by atoms with van der Waals surface area (Å²) in [5.74, 6) is -0.749. The Morgan fingerprint density at radius 1 is 0.707 bits per heavy atom. The number of nitrogens with zero attached hydrogens (tertiary/aromatic N) is 5. The maximum Gasteiger partial charge on any atom is 0.328 e. The first-order valence-electron chi connectivity index (χ1n) is 19.4. The Kier molecular flexibility index (Phi) is 11.2. The number of piperidine rings is 1. The lowest BCUT2D eigenvalue weighted by Gasteiger charge is -2.31. The number of para-hydroxylation sites is 3. The first kappa shape index (κ1) is 38.0. The number of amides is 1. The number of fused-ring (bicyclic) bond motifs is 2. The van der Waals surface area contributed by atoms with Gasteiger partial charge in [0.05, 0.1) is 22.5 Å². The number of aromatic nitrogens is 4. The molecule has 1 atom stereocenters. The fourth-order valence-electron chi connectivity index (χ4n) is 8.14. The minimum Gasteiger partial charge on any atom is -0.307 e. The normalized spacial score (nSPS) is 15.6. The number of hydrogen-bond acceptors (Lipinski definition) is 7. The predicted octanol–water partition coefficient (Wildman–Crippen LogP) is 7.49. The van der Waals surface area contributed by atoms with Crippen molar-refractivity contribution < 1.29 is 14.0 Å². The van der Waals surface area contributed by atoms with E-state index < -0.39 is 5.69 Å². The van der Waals surface area contributed by atoms with Gasteiger partial charge in [-0.2, -0.15) is 0 Å². The lowest BCUT2D eigenvalue weighted by Crippen LogP contribution is -2.42. The summed E-state index contributed by atoms with van der Waals surface area (Å²) in [5.41, 5.74) is 5.39. The molecule has 0 saturated carbocycles. The molecule has 9 rings (SSSR count). The molecule has 1 unspecified atom stereocenters. The van der Waals surface area contributed by atoms with Crippen LogP contribution in [0.4, 0.5) is 15.8 Å². The summed E-state index contributed by atoms with van der Waals surface area (Å²) in [6.07, 6.45) is 8.54. The van der Waals surface area contributed by atoms with E-state index in [4.69, 9.17) is 0 Å². The molecule has 2 aliphatic rings. The van der Waals surface area contributed by atoms with Gasteiger partial charge in [-0.15, -0.1) is 0 Å². The number of halogens is 1. The number of Topliss-reactive ketones (excluding diaryl/α,β-unsaturated/α-hetero) is 1. The lowest BCUT2D eigenvalue weighted by molar-refractivity contribution is -0.118. The number of ketones is 1. The van der Waals surface area contributed by atoms with Crippen molar-refractivity contribution in [1.29, 1.82) is 0 Å². The first-order valence-corrected chi connectivity index (χ1v) is 19.4. The van der Waals surface area contributed by atoms with E-state index in [0.717, 1.165) is 41.2 Å². The number of anilines is 2. The van der Waals surface area contributed by atoms with Gasteiger partial charge in [0.15, 0.2) is 5.78 Å². The van der Waals surface area contributed by atoms with Crippen LogP contribution in [-0.4, -0.2) is 55.7 Å². The average molecular weight is 773 g/mol. The molecular weight excluding hydrogens is 732 g/mol. The van der Waals surface area contributed by atoms with Gasteiger partial charge >= 0.3 is 5.69 Å². The molecule has 1 N–H and O–H groups in total. The third kappa shape index (κ3) is 7.89. The van der Waals surface area contributed by atoms with Crippen LogP contribution < -0.4 is 16.1 Å². The Labute approximate surface area is 334 Å². The largest absolute Gasteiger partial charge is 0.328 e. The second kappa shape index (κ2) is 17.1. The molecule has 58 heavy (non-hydrogen) atoms. The zero-order valence-electron chi connectivity index (χ0n) is 31.7. The second-order valence-corrected chi connectivity index (χ2v) is 14.5. The van der Waals surface area contributed by atoms with Crippen LogP contribution in [0.3, 0.4) is 0 Å². The monoisotopic (exact) mass is 772 g/mol. The number of aromatic amines is 1. The van der Waals surface area contributed by atoms with Crippen LogP contribution in [-0.2, 0) is 11.3 Å². The van der Waals surface area contributed by atoms with Gasteiger partial charge in [0, 0.05) is 61.0 Å². The zero-order chi connectivity index (χ0) is 40.0. The van der Waals surface area contributed by atoms with Crippen LogP contribution in [0, 0.1) is 11.7 Å². The molecule has 5 heterocycles. The Morgan fingerprint density at radius 2 is 1.31 bits per heavy atom. The van der Waals surface area contributed by atoms with Crippen LogP contribution in [0.25, 0.3) is 10.9 Å². The van der Waals surface area contributed by atoms with E-state index >= 15 is 0 Å². The molecular formula is C47H41FN6O4. The number of hydrogen-bond donors (Lipinski definition) is 1. The SMILES string of the molecule is O=C(c1ccc(F)cc1)C1CCN(CCn2c(=O)[nH]c3ccccc3c2=O)CC1.O=C1C(C(c2ccncc2)c2ccncc2)c2ccccc2N1c1ccccc1. The number of H-pyrrole nitrogens is 1. The molecule has 290 valence electrons. The quantitative estimate of drug-likeness (QED) is 0.151. The van der Waals surface area contributed by atoms with Crippen LogP contribution in [0.1, 0.15) is 51.7 Å². The van der Waals surface area contributed by atoms with Crippen molar-refractivity contribution in [2.75, 3.05) is 24.5 Å². The van der Waals surface area contributed by atoms with Crippen molar-refractivity contribution in [2.45, 2.75) is 31.2 Å². The summed E-state index contributed by atoms with van der Waals surface area (Å²) >= 11 is 0. The minimum absolute atomic E-state index is 0.0480. The van der Waals surface area contributed by atoms with Crippen molar-refractivity contribution in [3.63, 3.8) is 0 Å². The fourth-order valence-corrected chi connectivity index (χ4v) is 8.14. The topological polar surface area (TPSA) is 121 Å². The van der Waals surface area contributed by atoms with E-state index in [0.29, 0.717) is 42.4 Å². The molecule has 1 fully saturated rings. The van der Waals surface area contributed by atoms with Gasteiger partial charge in [0.25, 0.3) is 5.56 Å². The number of benzene rings is 4.